The molecule has 0 saturated heterocycles. The van der Waals surface area contributed by atoms with Crippen LogP contribution in [-0.2, 0) is 13.1 Å². The second kappa shape index (κ2) is 9.43. The third-order valence-corrected chi connectivity index (χ3v) is 4.94. The highest BCUT2D eigenvalue weighted by molar-refractivity contribution is 7.80. The molecule has 2 aromatic carbocycles. The molecule has 0 bridgehead atoms. The van der Waals surface area contributed by atoms with E-state index < -0.39 is 0 Å². The maximum absolute atomic E-state index is 5.46. The Morgan fingerprint density at radius 1 is 1.00 bits per heavy atom. The van der Waals surface area contributed by atoms with E-state index in [0.29, 0.717) is 29.7 Å². The molecule has 3 aromatic rings. The van der Waals surface area contributed by atoms with Crippen molar-refractivity contribution < 1.29 is 9.47 Å². The van der Waals surface area contributed by atoms with Crippen molar-refractivity contribution in [2.24, 2.45) is 0 Å². The number of anilines is 1. The van der Waals surface area contributed by atoms with Crippen LogP contribution in [0, 0.1) is 13.8 Å². The predicted octanol–water partition coefficient (Wildman–Crippen LogP) is 4.05. The molecule has 0 aliphatic carbocycles. The number of hydrogen-bond acceptors (Lipinski definition) is 4. The van der Waals surface area contributed by atoms with E-state index in [9.17, 15) is 0 Å². The van der Waals surface area contributed by atoms with Crippen LogP contribution >= 0.6 is 12.2 Å². The lowest BCUT2D eigenvalue weighted by atomic mass is 10.2. The van der Waals surface area contributed by atoms with Gasteiger partial charge in [-0.15, -0.1) is 0 Å². The van der Waals surface area contributed by atoms with Crippen molar-refractivity contribution in [2.75, 3.05) is 19.5 Å². The van der Waals surface area contributed by atoms with Crippen molar-refractivity contribution >= 4 is 23.0 Å². The Labute approximate surface area is 176 Å². The average Bonchev–Trinajstić information content (AvgIpc) is 3.00. The fourth-order valence-corrected chi connectivity index (χ4v) is 3.29. The van der Waals surface area contributed by atoms with Gasteiger partial charge in [-0.25, -0.2) is 0 Å². The smallest absolute Gasteiger partial charge is 0.171 e. The van der Waals surface area contributed by atoms with Crippen LogP contribution in [0.4, 0.5) is 5.69 Å². The number of nitrogens with zero attached hydrogens (tertiary/aromatic N) is 2. The maximum Gasteiger partial charge on any atom is 0.171 e. The maximum atomic E-state index is 5.46. The molecule has 0 atom stereocenters. The summed E-state index contributed by atoms with van der Waals surface area (Å²) in [5.74, 6) is 1.41. The van der Waals surface area contributed by atoms with Crippen molar-refractivity contribution in [1.82, 2.24) is 15.1 Å². The molecule has 0 amide bonds. The summed E-state index contributed by atoms with van der Waals surface area (Å²) in [6, 6.07) is 16.0. The van der Waals surface area contributed by atoms with E-state index >= 15 is 0 Å². The Kier molecular flexibility index (Phi) is 6.72. The Morgan fingerprint density at radius 2 is 1.72 bits per heavy atom. The van der Waals surface area contributed by atoms with Crippen LogP contribution < -0.4 is 20.1 Å². The van der Waals surface area contributed by atoms with Crippen molar-refractivity contribution in [2.45, 2.75) is 26.9 Å². The van der Waals surface area contributed by atoms with Crippen LogP contribution in [0.3, 0.4) is 0 Å². The molecule has 0 saturated carbocycles. The van der Waals surface area contributed by atoms with Gasteiger partial charge in [-0.05, 0) is 49.3 Å². The lowest BCUT2D eigenvalue weighted by Crippen LogP contribution is -2.28. The first-order valence-corrected chi connectivity index (χ1v) is 9.76. The Morgan fingerprint density at radius 3 is 2.41 bits per heavy atom. The van der Waals surface area contributed by atoms with E-state index in [4.69, 9.17) is 21.7 Å². The zero-order valence-electron chi connectivity index (χ0n) is 17.2. The first-order valence-electron chi connectivity index (χ1n) is 9.35. The molecule has 6 nitrogen and oxygen atoms in total. The molecule has 0 aliphatic rings. The monoisotopic (exact) mass is 410 g/mol. The zero-order valence-corrected chi connectivity index (χ0v) is 18.0. The van der Waals surface area contributed by atoms with Crippen LogP contribution in [0.2, 0.25) is 0 Å². The van der Waals surface area contributed by atoms with Gasteiger partial charge in [0.15, 0.2) is 16.6 Å². The Balaban J connectivity index is 1.69. The largest absolute Gasteiger partial charge is 0.493 e. The third-order valence-electron chi connectivity index (χ3n) is 4.70. The molecular formula is C22H26N4O2S. The van der Waals surface area contributed by atoms with Crippen molar-refractivity contribution in [1.29, 1.82) is 0 Å². The number of thiocarbonyl (C=S) groups is 1. The average molecular weight is 411 g/mol. The van der Waals surface area contributed by atoms with Crippen LogP contribution in [0.5, 0.6) is 11.5 Å². The highest BCUT2D eigenvalue weighted by Gasteiger charge is 2.14. The number of ether oxygens (including phenoxy) is 2. The number of aromatic nitrogens is 2. The summed E-state index contributed by atoms with van der Waals surface area (Å²) in [5.41, 5.74) is 5.09. The number of benzene rings is 2. The fourth-order valence-electron chi connectivity index (χ4n) is 3.12. The summed E-state index contributed by atoms with van der Waals surface area (Å²) < 4.78 is 12.7. The second-order valence-electron chi connectivity index (χ2n) is 6.69. The van der Waals surface area contributed by atoms with Gasteiger partial charge in [-0.1, -0.05) is 36.4 Å². The van der Waals surface area contributed by atoms with E-state index in [1.54, 1.807) is 14.2 Å². The van der Waals surface area contributed by atoms with Gasteiger partial charge in [0.25, 0.3) is 0 Å². The summed E-state index contributed by atoms with van der Waals surface area (Å²) in [6.07, 6.45) is 0. The Hall–Kier alpha value is -3.06. The van der Waals surface area contributed by atoms with Gasteiger partial charge < -0.3 is 20.1 Å². The summed E-state index contributed by atoms with van der Waals surface area (Å²) in [5, 5.41) is 11.8. The molecule has 1 aromatic heterocycles. The highest BCUT2D eigenvalue weighted by atomic mass is 32.1. The van der Waals surface area contributed by atoms with Crippen LogP contribution in [-0.4, -0.2) is 29.1 Å². The summed E-state index contributed by atoms with van der Waals surface area (Å²) in [4.78, 5) is 0. The third kappa shape index (κ3) is 5.06. The van der Waals surface area contributed by atoms with Crippen LogP contribution in [0.25, 0.3) is 0 Å². The van der Waals surface area contributed by atoms with Gasteiger partial charge >= 0.3 is 0 Å². The highest BCUT2D eigenvalue weighted by Crippen LogP contribution is 2.28. The first-order chi connectivity index (χ1) is 14.0. The minimum atomic E-state index is 0.575. The number of hydrogen-bond donors (Lipinski definition) is 2. The molecule has 1 heterocycles. The molecule has 152 valence electrons. The molecule has 0 radical (unpaired) electrons. The fraction of sp³-hybridized carbons (Fsp3) is 0.273. The van der Waals surface area contributed by atoms with Crippen molar-refractivity contribution in [3.8, 4) is 11.5 Å². The van der Waals surface area contributed by atoms with E-state index in [2.05, 4.69) is 27.9 Å². The van der Waals surface area contributed by atoms with Gasteiger partial charge in [0.2, 0.25) is 0 Å². The number of nitrogens with one attached hydrogen (secondary N) is 2. The van der Waals surface area contributed by atoms with E-state index in [-0.39, 0.29) is 0 Å². The topological polar surface area (TPSA) is 60.3 Å². The van der Waals surface area contributed by atoms with Crippen LogP contribution in [0.1, 0.15) is 22.5 Å². The molecule has 0 unspecified atom stereocenters. The first kappa shape index (κ1) is 20.7. The van der Waals surface area contributed by atoms with E-state index in [0.717, 1.165) is 22.6 Å². The number of aryl methyl sites for hydroxylation is 1. The minimum Gasteiger partial charge on any atom is -0.493 e. The number of methoxy groups -OCH3 is 2. The Bertz CT molecular complexity index is 986. The standard InChI is InChI=1S/C22H26N4O2S/c1-15-21(24-22(29)23-13-17-8-6-5-7-9-17)16(2)26(25-15)14-18-10-11-19(27-3)20(12-18)28-4/h5-12H,13-14H2,1-4H3,(H2,23,24,29). The van der Waals surface area contributed by atoms with E-state index in [1.807, 2.05) is 54.9 Å². The molecule has 0 fully saturated rings. The van der Waals surface area contributed by atoms with Gasteiger partial charge in [0.05, 0.1) is 37.8 Å². The molecule has 0 aliphatic heterocycles. The summed E-state index contributed by atoms with van der Waals surface area (Å²) >= 11 is 5.46. The molecular weight excluding hydrogens is 384 g/mol. The van der Waals surface area contributed by atoms with Crippen LogP contribution in [0.15, 0.2) is 48.5 Å². The zero-order chi connectivity index (χ0) is 20.8. The summed E-state index contributed by atoms with van der Waals surface area (Å²) in [6.45, 7) is 5.30. The van der Waals surface area contributed by atoms with Gasteiger partial charge in [-0.2, -0.15) is 5.10 Å². The van der Waals surface area contributed by atoms with E-state index in [1.165, 1.54) is 5.56 Å². The predicted molar refractivity (Wildman–Crippen MR) is 120 cm³/mol. The quantitative estimate of drug-likeness (QED) is 0.573. The normalized spacial score (nSPS) is 10.5. The minimum absolute atomic E-state index is 0.575. The molecule has 29 heavy (non-hydrogen) atoms. The van der Waals surface area contributed by atoms with Gasteiger partial charge in [0, 0.05) is 6.54 Å². The van der Waals surface area contributed by atoms with Crippen molar-refractivity contribution in [3.05, 3.63) is 71.0 Å². The van der Waals surface area contributed by atoms with Gasteiger partial charge in [0.1, 0.15) is 0 Å². The lowest BCUT2D eigenvalue weighted by Gasteiger charge is -2.12. The molecule has 7 heteroatoms. The summed E-state index contributed by atoms with van der Waals surface area (Å²) in [7, 11) is 3.27. The second-order valence-corrected chi connectivity index (χ2v) is 7.09. The number of rotatable bonds is 7. The molecule has 0 spiro atoms. The lowest BCUT2D eigenvalue weighted by molar-refractivity contribution is 0.354. The SMILES string of the molecule is COc1ccc(Cn2nc(C)c(NC(=S)NCc3ccccc3)c2C)cc1OC. The molecule has 2 N–H and O–H groups in total. The van der Waals surface area contributed by atoms with Crippen molar-refractivity contribution in [3.63, 3.8) is 0 Å². The van der Waals surface area contributed by atoms with Gasteiger partial charge in [-0.3, -0.25) is 4.68 Å². The molecule has 3 rings (SSSR count).